The topological polar surface area (TPSA) is 18.5 Å². The summed E-state index contributed by atoms with van der Waals surface area (Å²) in [6, 6.07) is 0. The Morgan fingerprint density at radius 2 is 2.15 bits per heavy atom. The van der Waals surface area contributed by atoms with Crippen molar-refractivity contribution in [1.29, 1.82) is 0 Å². The molecule has 2 aliphatic rings. The second kappa shape index (κ2) is 4.28. The highest BCUT2D eigenvalue weighted by atomic mass is 79.9. The first kappa shape index (κ1) is 9.94. The highest BCUT2D eigenvalue weighted by molar-refractivity contribution is 9.09. The summed E-state index contributed by atoms with van der Waals surface area (Å²) in [5.74, 6) is 0.973. The highest BCUT2D eigenvalue weighted by Gasteiger charge is 2.40. The molecular formula is C10H17BrO2. The van der Waals surface area contributed by atoms with Crippen molar-refractivity contribution in [2.75, 3.05) is 13.7 Å². The summed E-state index contributed by atoms with van der Waals surface area (Å²) < 4.78 is 11.1. The molecule has 2 saturated carbocycles. The summed E-state index contributed by atoms with van der Waals surface area (Å²) in [5.41, 5.74) is 0. The van der Waals surface area contributed by atoms with E-state index in [1.807, 2.05) is 0 Å². The Kier molecular flexibility index (Phi) is 3.27. The Bertz CT molecular complexity index is 170. The van der Waals surface area contributed by atoms with Crippen molar-refractivity contribution < 1.29 is 9.47 Å². The van der Waals surface area contributed by atoms with Crippen LogP contribution in [0.5, 0.6) is 0 Å². The molecule has 0 heterocycles. The van der Waals surface area contributed by atoms with Gasteiger partial charge in [0.05, 0.1) is 12.2 Å². The molecule has 2 rings (SSSR count). The van der Waals surface area contributed by atoms with E-state index in [9.17, 15) is 0 Å². The average Bonchev–Trinajstić information content (AvgIpc) is 2.87. The number of halogens is 1. The summed E-state index contributed by atoms with van der Waals surface area (Å²) in [5, 5.41) is 0. The minimum Gasteiger partial charge on any atom is -0.378 e. The number of hydrogen-bond acceptors (Lipinski definition) is 2. The first-order valence-corrected chi connectivity index (χ1v) is 6.01. The summed E-state index contributed by atoms with van der Waals surface area (Å²) in [6.45, 7) is 0.926. The van der Waals surface area contributed by atoms with Gasteiger partial charge in [-0.1, -0.05) is 28.8 Å². The number of ether oxygens (including phenoxy) is 2. The molecule has 0 N–H and O–H groups in total. The van der Waals surface area contributed by atoms with Crippen LogP contribution in [0.2, 0.25) is 0 Å². The largest absolute Gasteiger partial charge is 0.378 e. The van der Waals surface area contributed by atoms with Crippen molar-refractivity contribution in [2.24, 2.45) is 5.92 Å². The predicted octanol–water partition coefficient (Wildman–Crippen LogP) is 2.35. The third-order valence-electron chi connectivity index (χ3n) is 3.01. The van der Waals surface area contributed by atoms with E-state index in [0.717, 1.165) is 18.9 Å². The van der Waals surface area contributed by atoms with E-state index in [-0.39, 0.29) is 6.10 Å². The summed E-state index contributed by atoms with van der Waals surface area (Å²) in [7, 11) is 1.76. The van der Waals surface area contributed by atoms with Crippen LogP contribution in [0.15, 0.2) is 0 Å². The Hall–Kier alpha value is 0.400. The Morgan fingerprint density at radius 3 is 2.69 bits per heavy atom. The zero-order valence-electron chi connectivity index (χ0n) is 8.04. The van der Waals surface area contributed by atoms with Crippen LogP contribution < -0.4 is 0 Å². The van der Waals surface area contributed by atoms with E-state index in [2.05, 4.69) is 15.9 Å². The molecule has 13 heavy (non-hydrogen) atoms. The van der Waals surface area contributed by atoms with Gasteiger partial charge in [-0.25, -0.2) is 0 Å². The van der Waals surface area contributed by atoms with Crippen LogP contribution in [0.3, 0.4) is 0 Å². The van der Waals surface area contributed by atoms with Crippen LogP contribution in [-0.4, -0.2) is 30.8 Å². The molecule has 3 unspecified atom stereocenters. The molecule has 3 heteroatoms. The van der Waals surface area contributed by atoms with Crippen LogP contribution >= 0.6 is 15.9 Å². The summed E-state index contributed by atoms with van der Waals surface area (Å²) in [4.78, 5) is 0.503. The SMILES string of the molecule is COC1C(Br)CC1OCCC1CC1. The van der Waals surface area contributed by atoms with Gasteiger partial charge in [0.15, 0.2) is 0 Å². The lowest BCUT2D eigenvalue weighted by molar-refractivity contribution is -0.107. The van der Waals surface area contributed by atoms with E-state index in [0.29, 0.717) is 10.9 Å². The lowest BCUT2D eigenvalue weighted by atomic mass is 9.91. The lowest BCUT2D eigenvalue weighted by Gasteiger charge is -2.40. The average molecular weight is 249 g/mol. The fourth-order valence-corrected chi connectivity index (χ4v) is 2.71. The van der Waals surface area contributed by atoms with Gasteiger partial charge < -0.3 is 9.47 Å². The van der Waals surface area contributed by atoms with E-state index in [4.69, 9.17) is 9.47 Å². The molecule has 2 fully saturated rings. The molecule has 0 spiro atoms. The third kappa shape index (κ3) is 2.45. The first-order valence-electron chi connectivity index (χ1n) is 5.09. The molecule has 2 nitrogen and oxygen atoms in total. The van der Waals surface area contributed by atoms with Gasteiger partial charge in [0, 0.05) is 18.5 Å². The zero-order chi connectivity index (χ0) is 9.26. The lowest BCUT2D eigenvalue weighted by Crippen LogP contribution is -2.50. The minimum atomic E-state index is 0.277. The van der Waals surface area contributed by atoms with Crippen LogP contribution in [0.1, 0.15) is 25.7 Å². The number of rotatable bonds is 5. The second-order valence-electron chi connectivity index (χ2n) is 4.09. The second-order valence-corrected chi connectivity index (χ2v) is 5.27. The number of hydrogen-bond donors (Lipinski definition) is 0. The quantitative estimate of drug-likeness (QED) is 0.696. The number of alkyl halides is 1. The molecular weight excluding hydrogens is 232 g/mol. The van der Waals surface area contributed by atoms with Crippen LogP contribution in [0.4, 0.5) is 0 Å². The smallest absolute Gasteiger partial charge is 0.0958 e. The van der Waals surface area contributed by atoms with Gasteiger partial charge in [0.2, 0.25) is 0 Å². The Labute approximate surface area is 88.1 Å². The van der Waals surface area contributed by atoms with Crippen LogP contribution in [0, 0.1) is 5.92 Å². The fourth-order valence-electron chi connectivity index (χ4n) is 1.78. The highest BCUT2D eigenvalue weighted by Crippen LogP contribution is 2.35. The molecule has 0 aliphatic heterocycles. The van der Waals surface area contributed by atoms with Gasteiger partial charge in [-0.15, -0.1) is 0 Å². The van der Waals surface area contributed by atoms with Crippen LogP contribution in [0.25, 0.3) is 0 Å². The zero-order valence-corrected chi connectivity index (χ0v) is 9.63. The number of methoxy groups -OCH3 is 1. The molecule has 0 radical (unpaired) electrons. The van der Waals surface area contributed by atoms with Crippen molar-refractivity contribution in [1.82, 2.24) is 0 Å². The van der Waals surface area contributed by atoms with Gasteiger partial charge in [0.1, 0.15) is 0 Å². The van der Waals surface area contributed by atoms with Gasteiger partial charge in [0.25, 0.3) is 0 Å². The van der Waals surface area contributed by atoms with Gasteiger partial charge >= 0.3 is 0 Å². The molecule has 0 aromatic carbocycles. The van der Waals surface area contributed by atoms with Crippen molar-refractivity contribution in [2.45, 2.75) is 42.7 Å². The molecule has 0 aromatic heterocycles. The van der Waals surface area contributed by atoms with Gasteiger partial charge in [-0.2, -0.15) is 0 Å². The Balaban J connectivity index is 1.58. The third-order valence-corrected chi connectivity index (χ3v) is 3.90. The molecule has 0 bridgehead atoms. The molecule has 0 aromatic rings. The first-order chi connectivity index (χ1) is 6.31. The molecule has 3 atom stereocenters. The van der Waals surface area contributed by atoms with E-state index >= 15 is 0 Å². The van der Waals surface area contributed by atoms with Crippen molar-refractivity contribution in [3.8, 4) is 0 Å². The summed E-state index contributed by atoms with van der Waals surface area (Å²) >= 11 is 3.56. The molecule has 0 amide bonds. The van der Waals surface area contributed by atoms with E-state index in [1.54, 1.807) is 7.11 Å². The predicted molar refractivity (Wildman–Crippen MR) is 55.2 cm³/mol. The monoisotopic (exact) mass is 248 g/mol. The van der Waals surface area contributed by atoms with Crippen molar-refractivity contribution in [3.05, 3.63) is 0 Å². The van der Waals surface area contributed by atoms with Crippen molar-refractivity contribution >= 4 is 15.9 Å². The molecule has 0 saturated heterocycles. The maximum absolute atomic E-state index is 5.75. The maximum Gasteiger partial charge on any atom is 0.0958 e. The van der Waals surface area contributed by atoms with Gasteiger partial charge in [-0.3, -0.25) is 0 Å². The standard InChI is InChI=1S/C10H17BrO2/c1-12-10-8(11)6-9(10)13-5-4-7-2-3-7/h7-10H,2-6H2,1H3. The van der Waals surface area contributed by atoms with Gasteiger partial charge in [-0.05, 0) is 18.8 Å². The van der Waals surface area contributed by atoms with Crippen LogP contribution in [-0.2, 0) is 9.47 Å². The maximum atomic E-state index is 5.75. The molecule has 2 aliphatic carbocycles. The molecule has 76 valence electrons. The van der Waals surface area contributed by atoms with E-state index < -0.39 is 0 Å². The van der Waals surface area contributed by atoms with Crippen molar-refractivity contribution in [3.63, 3.8) is 0 Å². The van der Waals surface area contributed by atoms with E-state index in [1.165, 1.54) is 19.3 Å². The fraction of sp³-hybridized carbons (Fsp3) is 1.00. The normalized spacial score (nSPS) is 38.8. The Morgan fingerprint density at radius 1 is 1.38 bits per heavy atom. The minimum absolute atomic E-state index is 0.277. The summed E-state index contributed by atoms with van der Waals surface area (Å²) in [6.07, 6.45) is 5.81.